The van der Waals surface area contributed by atoms with Crippen molar-refractivity contribution in [3.8, 4) is 23.1 Å². The fourth-order valence-electron chi connectivity index (χ4n) is 7.09. The van der Waals surface area contributed by atoms with Crippen LogP contribution in [0.2, 0.25) is 0 Å². The first-order chi connectivity index (χ1) is 24.1. The normalized spacial score (nSPS) is 22.1. The van der Waals surface area contributed by atoms with Gasteiger partial charge in [-0.25, -0.2) is 19.6 Å². The maximum Gasteiger partial charge on any atom is 0.411 e. The minimum absolute atomic E-state index is 0.0826. The molecule has 0 bridgehead atoms. The summed E-state index contributed by atoms with van der Waals surface area (Å²) in [6, 6.07) is 13.4. The van der Waals surface area contributed by atoms with Gasteiger partial charge in [-0.2, -0.15) is 0 Å². The van der Waals surface area contributed by atoms with Crippen molar-refractivity contribution in [2.75, 3.05) is 26.3 Å². The Bertz CT molecular complexity index is 2030. The van der Waals surface area contributed by atoms with E-state index in [1.165, 1.54) is 0 Å². The molecule has 266 valence electrons. The minimum Gasteiger partial charge on any atom is -0.444 e. The van der Waals surface area contributed by atoms with Gasteiger partial charge in [-0.1, -0.05) is 36.1 Å². The van der Waals surface area contributed by atoms with E-state index >= 15 is 0 Å². The number of H-pyrrole nitrogens is 2. The second-order valence-electron chi connectivity index (χ2n) is 16.1. The zero-order valence-corrected chi connectivity index (χ0v) is 30.3. The number of nitrogens with zero attached hydrogens (tertiary/aromatic N) is 4. The number of imidazole rings is 2. The summed E-state index contributed by atoms with van der Waals surface area (Å²) in [6.07, 6.45) is 3.48. The van der Waals surface area contributed by atoms with Crippen molar-refractivity contribution >= 4 is 23.2 Å². The molecule has 7 rings (SSSR count). The summed E-state index contributed by atoms with van der Waals surface area (Å²) in [7, 11) is 0. The Morgan fingerprint density at radius 2 is 1.61 bits per heavy atom. The van der Waals surface area contributed by atoms with Gasteiger partial charge in [0.1, 0.15) is 22.9 Å². The Morgan fingerprint density at radius 3 is 2.29 bits per heavy atom. The average Bonchev–Trinajstić information content (AvgIpc) is 3.89. The number of carbonyl (C=O) groups is 2. The molecule has 51 heavy (non-hydrogen) atoms. The first kappa shape index (κ1) is 34.4. The van der Waals surface area contributed by atoms with E-state index in [2.05, 4.69) is 28.4 Å². The molecule has 11 heteroatoms. The molecular formula is C40H46N6O5. The maximum atomic E-state index is 13.3. The van der Waals surface area contributed by atoms with Crippen LogP contribution in [0.1, 0.15) is 95.7 Å². The number of nitrogens with one attached hydrogen (secondary N) is 2. The lowest BCUT2D eigenvalue weighted by atomic mass is 9.85. The molecule has 0 radical (unpaired) electrons. The standard InChI is InChI=1S/C40H46N6O5/c1-25-18-32(45(22-25)36(47)50-38(2,3)4)34-41-21-31(44-34)28-13-10-26(11-14-28)8-9-27-12-15-29-30(19-27)43-35(42-29)33-20-40(16-17-49-24-40)23-46(33)37(48)51-39(5,6)7/h10-15,19,21,32-33H,1,16-18,20,22-24H2,2-7H3,(H,41,44)(H,42,43)/t32-,33-,40+/m0/s1. The molecule has 11 nitrogen and oxygen atoms in total. The number of amides is 2. The summed E-state index contributed by atoms with van der Waals surface area (Å²) in [5, 5.41) is 0. The van der Waals surface area contributed by atoms with Crippen LogP contribution < -0.4 is 0 Å². The molecule has 2 N–H and O–H groups in total. The zero-order chi connectivity index (χ0) is 36.1. The van der Waals surface area contributed by atoms with Gasteiger partial charge in [0.2, 0.25) is 0 Å². The highest BCUT2D eigenvalue weighted by atomic mass is 16.6. The third-order valence-corrected chi connectivity index (χ3v) is 9.46. The number of aromatic nitrogens is 4. The van der Waals surface area contributed by atoms with Crippen LogP contribution in [-0.2, 0) is 14.2 Å². The SMILES string of the molecule is C=C1C[C@@H](c2nc(-c3ccc(C#Cc4ccc5[nH]c([C@@H]6C[C@]7(CCOC7)CN6C(=O)OC(C)(C)C)nc5c4)cc3)c[nH]2)N(C(=O)OC(C)(C)C)C1. The van der Waals surface area contributed by atoms with Gasteiger partial charge in [-0.3, -0.25) is 9.80 Å². The van der Waals surface area contributed by atoms with Crippen molar-refractivity contribution < 1.29 is 23.8 Å². The molecule has 0 unspecified atom stereocenters. The van der Waals surface area contributed by atoms with Gasteiger partial charge >= 0.3 is 12.2 Å². The van der Waals surface area contributed by atoms with E-state index < -0.39 is 11.2 Å². The molecular weight excluding hydrogens is 644 g/mol. The monoisotopic (exact) mass is 690 g/mol. The number of benzene rings is 2. The number of hydrogen-bond acceptors (Lipinski definition) is 7. The maximum absolute atomic E-state index is 13.3. The van der Waals surface area contributed by atoms with Gasteiger partial charge in [-0.15, -0.1) is 0 Å². The van der Waals surface area contributed by atoms with Gasteiger partial charge in [0.05, 0.1) is 35.4 Å². The molecule has 0 aliphatic carbocycles. The Balaban J connectivity index is 1.05. The van der Waals surface area contributed by atoms with Crippen LogP contribution in [0.3, 0.4) is 0 Å². The van der Waals surface area contributed by atoms with Crippen molar-refractivity contribution in [2.45, 2.75) is 84.1 Å². The van der Waals surface area contributed by atoms with Gasteiger partial charge < -0.3 is 24.2 Å². The van der Waals surface area contributed by atoms with Gasteiger partial charge in [-0.05, 0) is 91.1 Å². The summed E-state index contributed by atoms with van der Waals surface area (Å²) in [5.74, 6) is 7.99. The summed E-state index contributed by atoms with van der Waals surface area (Å²) in [5.41, 5.74) is 4.81. The van der Waals surface area contributed by atoms with Crippen molar-refractivity contribution in [1.82, 2.24) is 29.7 Å². The third-order valence-electron chi connectivity index (χ3n) is 9.46. The number of hydrogen-bond donors (Lipinski definition) is 2. The quantitative estimate of drug-likeness (QED) is 0.167. The van der Waals surface area contributed by atoms with Crippen LogP contribution in [0.25, 0.3) is 22.3 Å². The highest BCUT2D eigenvalue weighted by Gasteiger charge is 2.50. The lowest BCUT2D eigenvalue weighted by Crippen LogP contribution is -2.38. The van der Waals surface area contributed by atoms with E-state index in [9.17, 15) is 9.59 Å². The van der Waals surface area contributed by atoms with Gasteiger partial charge in [0, 0.05) is 48.0 Å². The summed E-state index contributed by atoms with van der Waals surface area (Å²) >= 11 is 0. The van der Waals surface area contributed by atoms with Gasteiger partial charge in [0.25, 0.3) is 0 Å². The number of fused-ring (bicyclic) bond motifs is 1. The number of carbonyl (C=O) groups excluding carboxylic acids is 2. The smallest absolute Gasteiger partial charge is 0.411 e. The van der Waals surface area contributed by atoms with E-state index in [0.717, 1.165) is 57.7 Å². The van der Waals surface area contributed by atoms with E-state index in [-0.39, 0.29) is 29.7 Å². The molecule has 2 aromatic heterocycles. The molecule has 3 fully saturated rings. The number of rotatable bonds is 3. The highest BCUT2D eigenvalue weighted by Crippen LogP contribution is 2.48. The van der Waals surface area contributed by atoms with Crippen molar-refractivity contribution in [3.05, 3.63) is 83.6 Å². The predicted octanol–water partition coefficient (Wildman–Crippen LogP) is 7.68. The van der Waals surface area contributed by atoms with Crippen LogP contribution in [0.4, 0.5) is 9.59 Å². The molecule has 3 atom stereocenters. The Kier molecular flexibility index (Phi) is 8.70. The molecule has 2 amide bonds. The van der Waals surface area contributed by atoms with Crippen LogP contribution in [0, 0.1) is 17.3 Å². The molecule has 2 aromatic carbocycles. The first-order valence-electron chi connectivity index (χ1n) is 17.5. The van der Waals surface area contributed by atoms with E-state index in [1.807, 2.05) is 95.1 Å². The fourth-order valence-corrected chi connectivity index (χ4v) is 7.09. The fraction of sp³-hybridized carbons (Fsp3) is 0.450. The van der Waals surface area contributed by atoms with Gasteiger partial charge in [0.15, 0.2) is 0 Å². The second-order valence-corrected chi connectivity index (χ2v) is 16.1. The molecule has 5 heterocycles. The Morgan fingerprint density at radius 1 is 0.922 bits per heavy atom. The van der Waals surface area contributed by atoms with E-state index in [4.69, 9.17) is 24.2 Å². The number of ether oxygens (including phenoxy) is 3. The Labute approximate surface area is 298 Å². The highest BCUT2D eigenvalue weighted by molar-refractivity contribution is 5.78. The van der Waals surface area contributed by atoms with Crippen molar-refractivity contribution in [3.63, 3.8) is 0 Å². The average molecular weight is 691 g/mol. The molecule has 1 spiro atoms. The van der Waals surface area contributed by atoms with Crippen LogP contribution >= 0.6 is 0 Å². The van der Waals surface area contributed by atoms with Crippen molar-refractivity contribution in [2.24, 2.45) is 5.41 Å². The first-order valence-corrected chi connectivity index (χ1v) is 17.5. The minimum atomic E-state index is -0.591. The number of likely N-dealkylation sites (tertiary alicyclic amines) is 2. The largest absolute Gasteiger partial charge is 0.444 e. The lowest BCUT2D eigenvalue weighted by Gasteiger charge is -2.28. The van der Waals surface area contributed by atoms with Crippen LogP contribution in [0.5, 0.6) is 0 Å². The molecule has 3 saturated heterocycles. The summed E-state index contributed by atoms with van der Waals surface area (Å²) < 4.78 is 17.2. The molecule has 3 aliphatic heterocycles. The molecule has 0 saturated carbocycles. The van der Waals surface area contributed by atoms with Crippen molar-refractivity contribution in [1.29, 1.82) is 0 Å². The van der Waals surface area contributed by atoms with E-state index in [0.29, 0.717) is 38.5 Å². The van der Waals surface area contributed by atoms with Crippen LogP contribution in [-0.4, -0.2) is 79.4 Å². The topological polar surface area (TPSA) is 126 Å². The summed E-state index contributed by atoms with van der Waals surface area (Å²) in [4.78, 5) is 46.2. The van der Waals surface area contributed by atoms with E-state index in [1.54, 1.807) is 4.90 Å². The molecule has 4 aromatic rings. The predicted molar refractivity (Wildman–Crippen MR) is 194 cm³/mol. The number of aromatic amines is 2. The summed E-state index contributed by atoms with van der Waals surface area (Å²) in [6.45, 7) is 17.7. The zero-order valence-electron chi connectivity index (χ0n) is 30.3. The van der Waals surface area contributed by atoms with Crippen LogP contribution in [0.15, 0.2) is 60.8 Å². The Hall–Kier alpha value is -5.08. The lowest BCUT2D eigenvalue weighted by molar-refractivity contribution is 0.0197. The third kappa shape index (κ3) is 7.52. The second kappa shape index (κ2) is 12.9. The molecule has 3 aliphatic rings.